The molecule has 49 heavy (non-hydrogen) atoms. The van der Waals surface area contributed by atoms with Crippen molar-refractivity contribution < 1.29 is 43.2 Å². The first kappa shape index (κ1) is 36.7. The van der Waals surface area contributed by atoms with Crippen LogP contribution in [0.5, 0.6) is 0 Å². The van der Waals surface area contributed by atoms with Crippen molar-refractivity contribution in [1.29, 1.82) is 0 Å². The predicted octanol–water partition coefficient (Wildman–Crippen LogP) is 5.69. The molecule has 0 unspecified atom stereocenters. The highest BCUT2D eigenvalue weighted by atomic mass is 16.6. The van der Waals surface area contributed by atoms with E-state index in [0.717, 1.165) is 4.90 Å². The number of rotatable bonds is 8. The van der Waals surface area contributed by atoms with Gasteiger partial charge in [-0.2, -0.15) is 0 Å². The highest BCUT2D eigenvalue weighted by molar-refractivity contribution is 5.79. The largest absolute Gasteiger partial charge is 0.452 e. The van der Waals surface area contributed by atoms with Crippen LogP contribution in [-0.4, -0.2) is 70.3 Å². The van der Waals surface area contributed by atoms with Crippen LogP contribution in [0.2, 0.25) is 0 Å². The molecule has 3 N–H and O–H groups in total. The maximum Gasteiger partial charge on any atom is 0.412 e. The fourth-order valence-corrected chi connectivity index (χ4v) is 5.25. The van der Waals surface area contributed by atoms with Gasteiger partial charge in [-0.05, 0) is 58.2 Å². The van der Waals surface area contributed by atoms with Gasteiger partial charge in [-0.25, -0.2) is 14.4 Å². The molecule has 0 spiro atoms. The van der Waals surface area contributed by atoms with Gasteiger partial charge < -0.3 is 29.4 Å². The molecular weight excluding hydrogens is 630 g/mol. The monoisotopic (exact) mass is 675 g/mol. The molecule has 1 fully saturated rings. The zero-order valence-corrected chi connectivity index (χ0v) is 28.6. The van der Waals surface area contributed by atoms with E-state index in [4.69, 9.17) is 18.9 Å². The van der Waals surface area contributed by atoms with Crippen LogP contribution >= 0.6 is 0 Å². The number of aliphatic hydroxyl groups excluding tert-OH is 1. The third kappa shape index (κ3) is 10.7. The molecule has 12 nitrogen and oxygen atoms in total. The molecule has 1 saturated heterocycles. The van der Waals surface area contributed by atoms with Crippen molar-refractivity contribution in [2.75, 3.05) is 6.54 Å². The summed E-state index contributed by atoms with van der Waals surface area (Å²) in [6.45, 7) is 9.47. The molecule has 0 radical (unpaired) electrons. The van der Waals surface area contributed by atoms with Gasteiger partial charge in [0.1, 0.15) is 30.1 Å². The Bertz CT molecular complexity index is 1520. The topological polar surface area (TPSA) is 153 Å². The van der Waals surface area contributed by atoms with Crippen molar-refractivity contribution in [2.45, 2.75) is 83.8 Å². The van der Waals surface area contributed by atoms with Crippen molar-refractivity contribution in [3.8, 4) is 0 Å². The third-order valence-corrected chi connectivity index (χ3v) is 7.39. The van der Waals surface area contributed by atoms with Crippen LogP contribution in [-0.2, 0) is 30.3 Å². The average molecular weight is 676 g/mol. The number of piperidine rings is 1. The fraction of sp³-hybridized carbons (Fsp3) is 0.405. The van der Waals surface area contributed by atoms with Gasteiger partial charge in [0, 0.05) is 6.54 Å². The summed E-state index contributed by atoms with van der Waals surface area (Å²) in [6, 6.07) is 25.7. The van der Waals surface area contributed by atoms with Crippen molar-refractivity contribution >= 4 is 24.2 Å². The molecule has 0 aliphatic carbocycles. The highest BCUT2D eigenvalue weighted by Crippen LogP contribution is 2.31. The number of nitrogens with zero attached hydrogens (tertiary/aromatic N) is 1. The number of aliphatic hydroxyl groups is 1. The van der Waals surface area contributed by atoms with E-state index < -0.39 is 72.3 Å². The minimum atomic E-state index is -1.75. The second-order valence-electron chi connectivity index (χ2n) is 13.7. The summed E-state index contributed by atoms with van der Waals surface area (Å²) >= 11 is 0. The van der Waals surface area contributed by atoms with Crippen LogP contribution in [0.1, 0.15) is 64.3 Å². The number of ether oxygens (including phenoxy) is 4. The lowest BCUT2D eigenvalue weighted by molar-refractivity contribution is -0.160. The first-order valence-corrected chi connectivity index (χ1v) is 16.1. The molecule has 0 saturated carbocycles. The summed E-state index contributed by atoms with van der Waals surface area (Å²) in [5, 5.41) is 16.9. The molecule has 1 aliphatic rings. The Balaban J connectivity index is 1.68. The number of hydrogen-bond donors (Lipinski definition) is 3. The Morgan fingerprint density at radius 2 is 1.27 bits per heavy atom. The van der Waals surface area contributed by atoms with E-state index in [9.17, 15) is 24.3 Å². The molecule has 3 amide bonds. The number of esters is 1. The summed E-state index contributed by atoms with van der Waals surface area (Å²) in [5.41, 5.74) is 0.199. The molecule has 3 aromatic rings. The standard InChI is InChI=1S/C37H45N3O9/c1-36(2,3)48-34(44)38-28-27(32(42)47-30(25-18-12-8-13-19-25)26-20-14-9-15-21-26)22-40(35(45)49-37(4,5)6)31(29(28)41)39-33(43)46-23-24-16-10-7-11-17-24/h7-21,27-31,41H,22-23H2,1-6H3,(H,38,44)(H,39,43)/t27-,28+,29+,31+/m1/s1. The van der Waals surface area contributed by atoms with Crippen LogP contribution in [0, 0.1) is 5.92 Å². The predicted molar refractivity (Wildman–Crippen MR) is 180 cm³/mol. The van der Waals surface area contributed by atoms with Crippen LogP contribution in [0.3, 0.4) is 0 Å². The van der Waals surface area contributed by atoms with Crippen LogP contribution in [0.4, 0.5) is 14.4 Å². The number of carbonyl (C=O) groups excluding carboxylic acids is 4. The Morgan fingerprint density at radius 1 is 0.755 bits per heavy atom. The number of carbonyl (C=O) groups is 4. The van der Waals surface area contributed by atoms with E-state index >= 15 is 0 Å². The van der Waals surface area contributed by atoms with E-state index in [0.29, 0.717) is 16.7 Å². The quantitative estimate of drug-likeness (QED) is 0.202. The molecule has 0 bridgehead atoms. The second-order valence-corrected chi connectivity index (χ2v) is 13.7. The molecular formula is C37H45N3O9. The smallest absolute Gasteiger partial charge is 0.412 e. The molecule has 4 atom stereocenters. The maximum atomic E-state index is 14.2. The van der Waals surface area contributed by atoms with Crippen LogP contribution < -0.4 is 10.6 Å². The van der Waals surface area contributed by atoms with E-state index in [-0.39, 0.29) is 6.61 Å². The first-order valence-electron chi connectivity index (χ1n) is 16.1. The Morgan fingerprint density at radius 3 is 1.78 bits per heavy atom. The Labute approximate surface area is 286 Å². The molecule has 3 aromatic carbocycles. The molecule has 12 heteroatoms. The number of likely N-dealkylation sites (tertiary alicyclic amines) is 1. The van der Waals surface area contributed by atoms with E-state index in [1.54, 1.807) is 65.8 Å². The van der Waals surface area contributed by atoms with Gasteiger partial charge in [0.05, 0.1) is 12.0 Å². The van der Waals surface area contributed by atoms with Crippen molar-refractivity contribution in [2.24, 2.45) is 5.92 Å². The van der Waals surface area contributed by atoms with Crippen LogP contribution in [0.15, 0.2) is 91.0 Å². The summed E-state index contributed by atoms with van der Waals surface area (Å²) in [7, 11) is 0. The second kappa shape index (κ2) is 15.9. The van der Waals surface area contributed by atoms with Gasteiger partial charge in [0.15, 0.2) is 6.10 Å². The Kier molecular flexibility index (Phi) is 11.9. The van der Waals surface area contributed by atoms with Gasteiger partial charge in [-0.1, -0.05) is 91.0 Å². The van der Waals surface area contributed by atoms with Gasteiger partial charge in [0.2, 0.25) is 0 Å². The number of benzene rings is 3. The fourth-order valence-electron chi connectivity index (χ4n) is 5.25. The number of alkyl carbamates (subject to hydrolysis) is 2. The molecule has 0 aromatic heterocycles. The van der Waals surface area contributed by atoms with Gasteiger partial charge in [-0.15, -0.1) is 0 Å². The zero-order valence-electron chi connectivity index (χ0n) is 28.6. The molecule has 1 aliphatic heterocycles. The summed E-state index contributed by atoms with van der Waals surface area (Å²) < 4.78 is 22.6. The Hall–Kier alpha value is -5.10. The van der Waals surface area contributed by atoms with Crippen LogP contribution in [0.25, 0.3) is 0 Å². The average Bonchev–Trinajstić information content (AvgIpc) is 3.04. The minimum absolute atomic E-state index is 0.0865. The minimum Gasteiger partial charge on any atom is -0.452 e. The molecule has 1 heterocycles. The zero-order chi connectivity index (χ0) is 35.8. The van der Waals surface area contributed by atoms with E-state index in [1.807, 2.05) is 66.7 Å². The number of nitrogens with one attached hydrogen (secondary N) is 2. The van der Waals surface area contributed by atoms with Crippen molar-refractivity contribution in [1.82, 2.24) is 15.5 Å². The van der Waals surface area contributed by atoms with Crippen molar-refractivity contribution in [3.63, 3.8) is 0 Å². The maximum absolute atomic E-state index is 14.2. The van der Waals surface area contributed by atoms with Gasteiger partial charge >= 0.3 is 24.2 Å². The summed E-state index contributed by atoms with van der Waals surface area (Å²) in [4.78, 5) is 55.0. The third-order valence-electron chi connectivity index (χ3n) is 7.39. The normalized spacial score (nSPS) is 19.4. The van der Waals surface area contributed by atoms with Crippen molar-refractivity contribution in [3.05, 3.63) is 108 Å². The van der Waals surface area contributed by atoms with Gasteiger partial charge in [-0.3, -0.25) is 15.0 Å². The summed E-state index contributed by atoms with van der Waals surface area (Å²) in [5.74, 6) is -2.15. The van der Waals surface area contributed by atoms with Gasteiger partial charge in [0.25, 0.3) is 0 Å². The number of amides is 3. The molecule has 4 rings (SSSR count). The highest BCUT2D eigenvalue weighted by Gasteiger charge is 2.51. The van der Waals surface area contributed by atoms with E-state index in [2.05, 4.69) is 10.6 Å². The SMILES string of the molecule is CC(C)(C)OC(=O)N[C@@H]1[C@H](O)[C@@H](NC(=O)OCc2ccccc2)N(C(=O)OC(C)(C)C)C[C@H]1C(=O)OC(c1ccccc1)c1ccccc1. The lowest BCUT2D eigenvalue weighted by Crippen LogP contribution is -2.71. The molecule has 262 valence electrons. The number of hydrogen-bond acceptors (Lipinski definition) is 9. The summed E-state index contributed by atoms with van der Waals surface area (Å²) in [6.07, 6.45) is -6.88. The lowest BCUT2D eigenvalue weighted by Gasteiger charge is -2.46. The lowest BCUT2D eigenvalue weighted by atomic mass is 9.87. The first-order chi connectivity index (χ1) is 23.1. The van der Waals surface area contributed by atoms with E-state index in [1.165, 1.54) is 0 Å².